The molecule has 0 fully saturated rings. The summed E-state index contributed by atoms with van der Waals surface area (Å²) in [5, 5.41) is 20.1. The van der Waals surface area contributed by atoms with E-state index in [1.165, 1.54) is 31.9 Å². The van der Waals surface area contributed by atoms with E-state index in [0.717, 1.165) is 32.0 Å². The average molecular weight is 494 g/mol. The van der Waals surface area contributed by atoms with Gasteiger partial charge in [0.2, 0.25) is 0 Å². The maximum Gasteiger partial charge on any atom is 0.410 e. The standard InChI is InChI=1S/C27H27NO6S/c1-16(26(30)31)28(14-17-12-25(35-3)24(33-2)13-23(17)29)27(32)34-15-22-20-10-6-4-8-18(20)19-9-5-7-11-21(19)22/h4-13,16,22,29H,14-15H2,1-3H3,(H,30,31)/t16-/m0/s1. The van der Waals surface area contributed by atoms with Crippen molar-refractivity contribution < 1.29 is 29.3 Å². The van der Waals surface area contributed by atoms with Crippen LogP contribution in [0.25, 0.3) is 11.1 Å². The highest BCUT2D eigenvalue weighted by Crippen LogP contribution is 2.44. The predicted molar refractivity (Wildman–Crippen MR) is 134 cm³/mol. The third-order valence-corrected chi connectivity index (χ3v) is 7.08. The first-order valence-electron chi connectivity index (χ1n) is 11.1. The molecule has 0 saturated heterocycles. The van der Waals surface area contributed by atoms with Crippen molar-refractivity contribution in [1.29, 1.82) is 0 Å². The lowest BCUT2D eigenvalue weighted by molar-refractivity contribution is -0.142. The van der Waals surface area contributed by atoms with E-state index in [2.05, 4.69) is 0 Å². The van der Waals surface area contributed by atoms with Crippen molar-refractivity contribution in [2.75, 3.05) is 20.0 Å². The summed E-state index contributed by atoms with van der Waals surface area (Å²) in [5.74, 6) is -0.908. The number of aliphatic carboxylic acids is 1. The molecule has 35 heavy (non-hydrogen) atoms. The van der Waals surface area contributed by atoms with Crippen LogP contribution < -0.4 is 4.74 Å². The molecule has 4 rings (SSSR count). The predicted octanol–water partition coefficient (Wildman–Crippen LogP) is 5.35. The lowest BCUT2D eigenvalue weighted by Crippen LogP contribution is -2.43. The summed E-state index contributed by atoms with van der Waals surface area (Å²) >= 11 is 1.42. The summed E-state index contributed by atoms with van der Waals surface area (Å²) in [6.45, 7) is 1.35. The average Bonchev–Trinajstić information content (AvgIpc) is 3.19. The number of ether oxygens (including phenoxy) is 2. The number of hydrogen-bond acceptors (Lipinski definition) is 6. The first-order chi connectivity index (χ1) is 16.8. The topological polar surface area (TPSA) is 96.3 Å². The molecular weight excluding hydrogens is 466 g/mol. The Labute approximate surface area is 208 Å². The number of methoxy groups -OCH3 is 1. The number of hydrogen-bond donors (Lipinski definition) is 2. The molecule has 3 aromatic rings. The Kier molecular flexibility index (Phi) is 7.21. The number of fused-ring (bicyclic) bond motifs is 3. The van der Waals surface area contributed by atoms with Gasteiger partial charge in [-0.15, -0.1) is 11.8 Å². The Morgan fingerprint density at radius 1 is 1.06 bits per heavy atom. The van der Waals surface area contributed by atoms with Crippen LogP contribution in [-0.2, 0) is 16.1 Å². The molecule has 0 bridgehead atoms. The van der Waals surface area contributed by atoms with Crippen molar-refractivity contribution in [3.63, 3.8) is 0 Å². The van der Waals surface area contributed by atoms with Crippen LogP contribution in [0.2, 0.25) is 0 Å². The normalized spacial score (nSPS) is 13.0. The molecule has 0 radical (unpaired) electrons. The van der Waals surface area contributed by atoms with Crippen LogP contribution in [0.5, 0.6) is 11.5 Å². The number of amides is 1. The third-order valence-electron chi connectivity index (χ3n) is 6.32. The summed E-state index contributed by atoms with van der Waals surface area (Å²) in [4.78, 5) is 26.9. The minimum atomic E-state index is -1.17. The highest BCUT2D eigenvalue weighted by Gasteiger charge is 2.32. The number of carboxylic acid groups (broad SMARTS) is 1. The number of phenols is 1. The lowest BCUT2D eigenvalue weighted by Gasteiger charge is -2.27. The molecule has 2 N–H and O–H groups in total. The third kappa shape index (κ3) is 4.79. The molecule has 1 aliphatic carbocycles. The number of nitrogens with zero attached hydrogens (tertiary/aromatic N) is 1. The quantitative estimate of drug-likeness (QED) is 0.409. The van der Waals surface area contributed by atoms with E-state index in [4.69, 9.17) is 9.47 Å². The number of carbonyl (C=O) groups is 2. The maximum atomic E-state index is 13.2. The van der Waals surface area contributed by atoms with Crippen molar-refractivity contribution in [1.82, 2.24) is 4.90 Å². The highest BCUT2D eigenvalue weighted by molar-refractivity contribution is 7.98. The Hall–Kier alpha value is -3.65. The number of carboxylic acids is 1. The molecule has 0 saturated carbocycles. The molecule has 182 valence electrons. The fourth-order valence-electron chi connectivity index (χ4n) is 4.39. The van der Waals surface area contributed by atoms with Gasteiger partial charge in [-0.25, -0.2) is 9.59 Å². The van der Waals surface area contributed by atoms with Crippen LogP contribution in [-0.4, -0.2) is 53.2 Å². The number of thioether (sulfide) groups is 1. The van der Waals surface area contributed by atoms with E-state index in [1.807, 2.05) is 54.8 Å². The Morgan fingerprint density at radius 3 is 2.20 bits per heavy atom. The molecular formula is C27H27NO6S. The van der Waals surface area contributed by atoms with Gasteiger partial charge in [0.1, 0.15) is 24.1 Å². The van der Waals surface area contributed by atoms with E-state index < -0.39 is 18.1 Å². The zero-order chi connectivity index (χ0) is 25.1. The van der Waals surface area contributed by atoms with Gasteiger partial charge < -0.3 is 19.7 Å². The SMILES string of the molecule is COc1cc(O)c(CN(C(=O)OCC2c3ccccc3-c3ccccc32)[C@@H](C)C(=O)O)cc1SC. The monoisotopic (exact) mass is 493 g/mol. The van der Waals surface area contributed by atoms with Gasteiger partial charge in [-0.05, 0) is 41.5 Å². The van der Waals surface area contributed by atoms with Crippen LogP contribution in [0.1, 0.15) is 29.5 Å². The maximum absolute atomic E-state index is 13.2. The van der Waals surface area contributed by atoms with Gasteiger partial charge in [0.25, 0.3) is 0 Å². The molecule has 0 heterocycles. The Bertz CT molecular complexity index is 1210. The molecule has 1 amide bonds. The molecule has 0 spiro atoms. The minimum Gasteiger partial charge on any atom is -0.507 e. The Balaban J connectivity index is 1.58. The van der Waals surface area contributed by atoms with Crippen LogP contribution in [0.3, 0.4) is 0 Å². The highest BCUT2D eigenvalue weighted by atomic mass is 32.2. The van der Waals surface area contributed by atoms with Crippen LogP contribution in [0.15, 0.2) is 65.6 Å². The first kappa shape index (κ1) is 24.5. The van der Waals surface area contributed by atoms with Crippen LogP contribution >= 0.6 is 11.8 Å². The van der Waals surface area contributed by atoms with Gasteiger partial charge >= 0.3 is 12.1 Å². The summed E-state index contributed by atoms with van der Waals surface area (Å²) < 4.78 is 11.0. The largest absolute Gasteiger partial charge is 0.507 e. The van der Waals surface area contributed by atoms with Crippen molar-refractivity contribution in [2.45, 2.75) is 30.3 Å². The van der Waals surface area contributed by atoms with Gasteiger partial charge in [0, 0.05) is 22.4 Å². The Morgan fingerprint density at radius 2 is 1.66 bits per heavy atom. The second-order valence-electron chi connectivity index (χ2n) is 8.28. The van der Waals surface area contributed by atoms with E-state index >= 15 is 0 Å². The van der Waals surface area contributed by atoms with E-state index in [-0.39, 0.29) is 24.8 Å². The smallest absolute Gasteiger partial charge is 0.410 e. The molecule has 8 heteroatoms. The zero-order valence-electron chi connectivity index (χ0n) is 19.7. The van der Waals surface area contributed by atoms with Gasteiger partial charge in [-0.1, -0.05) is 48.5 Å². The zero-order valence-corrected chi connectivity index (χ0v) is 20.5. The summed E-state index contributed by atoms with van der Waals surface area (Å²) in [6, 6.07) is 18.0. The molecule has 1 atom stereocenters. The van der Waals surface area contributed by atoms with Gasteiger partial charge in [-0.3, -0.25) is 4.90 Å². The second kappa shape index (κ2) is 10.3. The lowest BCUT2D eigenvalue weighted by atomic mass is 9.98. The van der Waals surface area contributed by atoms with Crippen LogP contribution in [0, 0.1) is 0 Å². The van der Waals surface area contributed by atoms with Gasteiger partial charge in [-0.2, -0.15) is 0 Å². The minimum absolute atomic E-state index is 0.0698. The molecule has 0 aliphatic heterocycles. The van der Waals surface area contributed by atoms with Crippen molar-refractivity contribution >= 4 is 23.8 Å². The van der Waals surface area contributed by atoms with Crippen LogP contribution in [0.4, 0.5) is 4.79 Å². The van der Waals surface area contributed by atoms with Crippen molar-refractivity contribution in [2.24, 2.45) is 0 Å². The summed E-state index contributed by atoms with van der Waals surface area (Å²) in [6.07, 6.45) is 1.10. The number of benzene rings is 3. The summed E-state index contributed by atoms with van der Waals surface area (Å²) in [7, 11) is 1.50. The van der Waals surface area contributed by atoms with Crippen molar-refractivity contribution in [3.8, 4) is 22.6 Å². The molecule has 7 nitrogen and oxygen atoms in total. The van der Waals surface area contributed by atoms with E-state index in [9.17, 15) is 19.8 Å². The number of aromatic hydroxyl groups is 1. The first-order valence-corrected chi connectivity index (χ1v) is 12.4. The van der Waals surface area contributed by atoms with Gasteiger partial charge in [0.15, 0.2) is 0 Å². The summed E-state index contributed by atoms with van der Waals surface area (Å²) in [5.41, 5.74) is 4.74. The van der Waals surface area contributed by atoms with E-state index in [0.29, 0.717) is 11.3 Å². The van der Waals surface area contributed by atoms with Gasteiger partial charge in [0.05, 0.1) is 13.7 Å². The molecule has 0 unspecified atom stereocenters. The van der Waals surface area contributed by atoms with E-state index in [1.54, 1.807) is 6.07 Å². The second-order valence-corrected chi connectivity index (χ2v) is 9.13. The molecule has 1 aliphatic rings. The van der Waals surface area contributed by atoms with Crippen molar-refractivity contribution in [3.05, 3.63) is 77.4 Å². The fourth-order valence-corrected chi connectivity index (χ4v) is 4.99. The number of carbonyl (C=O) groups excluding carboxylic acids is 1. The molecule has 3 aromatic carbocycles. The number of phenolic OH excluding ortho intramolecular Hbond substituents is 1. The molecule has 0 aromatic heterocycles. The number of rotatable bonds is 8. The fraction of sp³-hybridized carbons (Fsp3) is 0.259.